The number of furan rings is 1. The molecule has 1 saturated heterocycles. The molecule has 0 spiro atoms. The van der Waals surface area contributed by atoms with Crippen molar-refractivity contribution in [2.24, 2.45) is 0 Å². The SMILES string of the molecule is COc1cccnc1N1CCN(CCCc2coc3ccc(Cl)cc23)CC1.Cl. The Hall–Kier alpha value is -1.95. The second-order valence-electron chi connectivity index (χ2n) is 6.86. The summed E-state index contributed by atoms with van der Waals surface area (Å²) in [6.45, 7) is 5.10. The van der Waals surface area contributed by atoms with Crippen LogP contribution in [0.2, 0.25) is 5.02 Å². The van der Waals surface area contributed by atoms with Gasteiger partial charge in [-0.3, -0.25) is 4.90 Å². The molecule has 0 bridgehead atoms. The van der Waals surface area contributed by atoms with Crippen molar-refractivity contribution in [3.63, 3.8) is 0 Å². The number of piperazine rings is 1. The summed E-state index contributed by atoms with van der Waals surface area (Å²) in [5.74, 6) is 1.79. The minimum Gasteiger partial charge on any atom is -0.493 e. The Bertz CT molecular complexity index is 908. The van der Waals surface area contributed by atoms with Gasteiger partial charge in [0.15, 0.2) is 11.6 Å². The van der Waals surface area contributed by atoms with Gasteiger partial charge in [0.1, 0.15) is 5.58 Å². The van der Waals surface area contributed by atoms with Crippen molar-refractivity contribution in [3.05, 3.63) is 53.4 Å². The van der Waals surface area contributed by atoms with E-state index in [0.717, 1.165) is 73.1 Å². The van der Waals surface area contributed by atoms with Crippen LogP contribution in [-0.2, 0) is 6.42 Å². The van der Waals surface area contributed by atoms with E-state index in [1.165, 1.54) is 5.56 Å². The normalized spacial score (nSPS) is 14.9. The molecule has 1 aromatic carbocycles. The quantitative estimate of drug-likeness (QED) is 0.578. The van der Waals surface area contributed by atoms with Crippen molar-refractivity contribution in [2.45, 2.75) is 12.8 Å². The van der Waals surface area contributed by atoms with E-state index in [-0.39, 0.29) is 12.4 Å². The number of ether oxygens (including phenoxy) is 1. The van der Waals surface area contributed by atoms with Gasteiger partial charge < -0.3 is 14.1 Å². The Morgan fingerprint density at radius 1 is 1.18 bits per heavy atom. The van der Waals surface area contributed by atoms with E-state index >= 15 is 0 Å². The van der Waals surface area contributed by atoms with Gasteiger partial charge in [-0.2, -0.15) is 0 Å². The topological polar surface area (TPSA) is 41.7 Å². The molecule has 28 heavy (non-hydrogen) atoms. The molecule has 0 aliphatic carbocycles. The molecule has 5 nitrogen and oxygen atoms in total. The fourth-order valence-electron chi connectivity index (χ4n) is 3.70. The zero-order chi connectivity index (χ0) is 18.6. The van der Waals surface area contributed by atoms with Crippen LogP contribution in [0.4, 0.5) is 5.82 Å². The highest BCUT2D eigenvalue weighted by molar-refractivity contribution is 6.31. The fraction of sp³-hybridized carbons (Fsp3) is 0.381. The molecule has 1 fully saturated rings. The number of anilines is 1. The van der Waals surface area contributed by atoms with Gasteiger partial charge in [0.2, 0.25) is 0 Å². The number of methoxy groups -OCH3 is 1. The average molecular weight is 422 g/mol. The van der Waals surface area contributed by atoms with Crippen LogP contribution in [0.25, 0.3) is 11.0 Å². The van der Waals surface area contributed by atoms with Gasteiger partial charge in [0, 0.05) is 42.8 Å². The Balaban J connectivity index is 0.00000225. The molecule has 7 heteroatoms. The molecule has 0 radical (unpaired) electrons. The Kier molecular flexibility index (Phi) is 7.05. The summed E-state index contributed by atoms with van der Waals surface area (Å²) in [7, 11) is 1.70. The summed E-state index contributed by atoms with van der Waals surface area (Å²) >= 11 is 6.12. The molecule has 0 saturated carbocycles. The predicted octanol–water partition coefficient (Wildman–Crippen LogP) is 4.67. The van der Waals surface area contributed by atoms with Crippen molar-refractivity contribution in [1.82, 2.24) is 9.88 Å². The molecular formula is C21H25Cl2N3O2. The number of nitrogens with zero attached hydrogens (tertiary/aromatic N) is 3. The predicted molar refractivity (Wildman–Crippen MR) is 116 cm³/mol. The molecule has 4 rings (SSSR count). The molecule has 150 valence electrons. The second kappa shape index (κ2) is 9.50. The lowest BCUT2D eigenvalue weighted by atomic mass is 10.1. The molecule has 0 N–H and O–H groups in total. The average Bonchev–Trinajstić information content (AvgIpc) is 3.10. The van der Waals surface area contributed by atoms with Gasteiger partial charge in [-0.1, -0.05) is 11.6 Å². The molecular weight excluding hydrogens is 397 g/mol. The first-order valence-electron chi connectivity index (χ1n) is 9.36. The highest BCUT2D eigenvalue weighted by atomic mass is 35.5. The highest BCUT2D eigenvalue weighted by Gasteiger charge is 2.20. The van der Waals surface area contributed by atoms with E-state index in [1.54, 1.807) is 7.11 Å². The maximum atomic E-state index is 6.12. The van der Waals surface area contributed by atoms with E-state index in [0.29, 0.717) is 0 Å². The number of aryl methyl sites for hydroxylation is 1. The number of halogens is 2. The fourth-order valence-corrected chi connectivity index (χ4v) is 3.88. The summed E-state index contributed by atoms with van der Waals surface area (Å²) in [6, 6.07) is 9.68. The second-order valence-corrected chi connectivity index (χ2v) is 7.30. The monoisotopic (exact) mass is 421 g/mol. The van der Waals surface area contributed by atoms with Crippen molar-refractivity contribution in [3.8, 4) is 5.75 Å². The van der Waals surface area contributed by atoms with Crippen LogP contribution in [0, 0.1) is 0 Å². The Labute approximate surface area is 176 Å². The molecule has 1 aliphatic rings. The lowest BCUT2D eigenvalue weighted by Crippen LogP contribution is -2.47. The van der Waals surface area contributed by atoms with Crippen LogP contribution in [0.15, 0.2) is 47.2 Å². The van der Waals surface area contributed by atoms with Gasteiger partial charge in [0.05, 0.1) is 13.4 Å². The lowest BCUT2D eigenvalue weighted by Gasteiger charge is -2.35. The molecule has 3 aromatic rings. The Morgan fingerprint density at radius 3 is 2.79 bits per heavy atom. The van der Waals surface area contributed by atoms with Crippen LogP contribution < -0.4 is 9.64 Å². The van der Waals surface area contributed by atoms with Crippen LogP contribution >= 0.6 is 24.0 Å². The Morgan fingerprint density at radius 2 is 2.00 bits per heavy atom. The summed E-state index contributed by atoms with van der Waals surface area (Å²) in [5.41, 5.74) is 2.15. The number of benzene rings is 1. The van der Waals surface area contributed by atoms with E-state index in [2.05, 4.69) is 14.8 Å². The summed E-state index contributed by atoms with van der Waals surface area (Å²) in [5, 5.41) is 1.89. The molecule has 1 aliphatic heterocycles. The zero-order valence-electron chi connectivity index (χ0n) is 15.9. The third kappa shape index (κ3) is 4.54. The summed E-state index contributed by atoms with van der Waals surface area (Å²) < 4.78 is 11.1. The van der Waals surface area contributed by atoms with Crippen LogP contribution in [0.1, 0.15) is 12.0 Å². The van der Waals surface area contributed by atoms with E-state index in [1.807, 2.05) is 42.8 Å². The van der Waals surface area contributed by atoms with Gasteiger partial charge >= 0.3 is 0 Å². The number of hydrogen-bond acceptors (Lipinski definition) is 5. The lowest BCUT2D eigenvalue weighted by molar-refractivity contribution is 0.253. The third-order valence-electron chi connectivity index (χ3n) is 5.18. The first-order chi connectivity index (χ1) is 13.2. The van der Waals surface area contributed by atoms with Crippen LogP contribution in [0.3, 0.4) is 0 Å². The first-order valence-corrected chi connectivity index (χ1v) is 9.74. The molecule has 0 amide bonds. The maximum absolute atomic E-state index is 6.12. The van der Waals surface area contributed by atoms with E-state index < -0.39 is 0 Å². The third-order valence-corrected chi connectivity index (χ3v) is 5.41. The number of hydrogen-bond donors (Lipinski definition) is 0. The van der Waals surface area contributed by atoms with Crippen molar-refractivity contribution in [1.29, 1.82) is 0 Å². The number of pyridine rings is 1. The highest BCUT2D eigenvalue weighted by Crippen LogP contribution is 2.27. The van der Waals surface area contributed by atoms with E-state index in [9.17, 15) is 0 Å². The van der Waals surface area contributed by atoms with Gasteiger partial charge in [-0.25, -0.2) is 4.98 Å². The standard InChI is InChI=1S/C21H24ClN3O2.ClH/c1-26-20-5-2-8-23-21(20)25-12-10-24(11-13-25)9-3-4-16-15-27-19-7-6-17(22)14-18(16)19;/h2,5-8,14-15H,3-4,9-13H2,1H3;1H. The molecule has 0 atom stereocenters. The number of fused-ring (bicyclic) bond motifs is 1. The maximum Gasteiger partial charge on any atom is 0.171 e. The summed E-state index contributed by atoms with van der Waals surface area (Å²) in [6.07, 6.45) is 5.80. The zero-order valence-corrected chi connectivity index (χ0v) is 17.5. The smallest absolute Gasteiger partial charge is 0.171 e. The molecule has 0 unspecified atom stereocenters. The number of aromatic nitrogens is 1. The minimum atomic E-state index is 0. The van der Waals surface area contributed by atoms with Crippen LogP contribution in [0.5, 0.6) is 5.75 Å². The van der Waals surface area contributed by atoms with Gasteiger partial charge in [-0.15, -0.1) is 12.4 Å². The first kappa shape index (κ1) is 20.8. The molecule has 3 heterocycles. The van der Waals surface area contributed by atoms with Crippen molar-refractivity contribution < 1.29 is 9.15 Å². The largest absolute Gasteiger partial charge is 0.493 e. The van der Waals surface area contributed by atoms with E-state index in [4.69, 9.17) is 20.8 Å². The van der Waals surface area contributed by atoms with Gasteiger partial charge in [-0.05, 0) is 55.3 Å². The number of rotatable bonds is 6. The summed E-state index contributed by atoms with van der Waals surface area (Å²) in [4.78, 5) is 9.31. The van der Waals surface area contributed by atoms with Crippen LogP contribution in [-0.4, -0.2) is 49.7 Å². The van der Waals surface area contributed by atoms with Crippen molar-refractivity contribution in [2.75, 3.05) is 44.7 Å². The minimum absolute atomic E-state index is 0. The van der Waals surface area contributed by atoms with Gasteiger partial charge in [0.25, 0.3) is 0 Å². The molecule has 2 aromatic heterocycles. The van der Waals surface area contributed by atoms with Crippen molar-refractivity contribution >= 4 is 40.8 Å².